The Bertz CT molecular complexity index is 1910. The molecule has 2 unspecified atom stereocenters. The molecule has 100 heavy (non-hydrogen) atoms. The summed E-state index contributed by atoms with van der Waals surface area (Å²) in [5.41, 5.74) is 0. The van der Waals surface area contributed by atoms with Crippen molar-refractivity contribution in [2.45, 2.75) is 451 Å². The summed E-state index contributed by atoms with van der Waals surface area (Å²) in [6.45, 7) is 7.33. The van der Waals surface area contributed by atoms with E-state index in [1.54, 1.807) is 0 Å². The van der Waals surface area contributed by atoms with Crippen LogP contribution in [0, 0.1) is 5.92 Å². The second-order valence-electron chi connectivity index (χ2n) is 29.6. The number of phosphoric acid groups is 2. The van der Waals surface area contributed by atoms with Crippen LogP contribution < -0.4 is 0 Å². The first-order valence-electron chi connectivity index (χ1n) is 42.1. The molecule has 0 aromatic heterocycles. The zero-order valence-electron chi connectivity index (χ0n) is 65.3. The van der Waals surface area contributed by atoms with Crippen LogP contribution >= 0.6 is 15.6 Å². The van der Waals surface area contributed by atoms with Gasteiger partial charge in [-0.25, -0.2) is 9.13 Å². The molecule has 0 spiro atoms. The maximum absolute atomic E-state index is 13.1. The zero-order chi connectivity index (χ0) is 73.4. The number of unbranched alkanes of at least 4 members (excludes halogenated alkanes) is 53. The molecule has 594 valence electrons. The summed E-state index contributed by atoms with van der Waals surface area (Å²) in [5.74, 6) is -1.29. The molecule has 0 amide bonds. The molecule has 0 radical (unpaired) electrons. The van der Waals surface area contributed by atoms with Crippen LogP contribution in [0.1, 0.15) is 433 Å². The Labute approximate surface area is 613 Å². The van der Waals surface area contributed by atoms with Gasteiger partial charge in [-0.2, -0.15) is 0 Å². The van der Waals surface area contributed by atoms with Crippen molar-refractivity contribution in [3.05, 3.63) is 0 Å². The third-order valence-corrected chi connectivity index (χ3v) is 20.9. The van der Waals surface area contributed by atoms with Crippen LogP contribution in [-0.2, 0) is 65.4 Å². The van der Waals surface area contributed by atoms with Gasteiger partial charge in [0, 0.05) is 25.7 Å². The third-order valence-electron chi connectivity index (χ3n) is 19.0. The van der Waals surface area contributed by atoms with Crippen LogP contribution in [0.4, 0.5) is 0 Å². The normalized spacial score (nSPS) is 13.8. The topological polar surface area (TPSA) is 237 Å². The summed E-state index contributed by atoms with van der Waals surface area (Å²) >= 11 is 0. The summed E-state index contributed by atoms with van der Waals surface area (Å²) in [7, 11) is -9.91. The van der Waals surface area contributed by atoms with Crippen molar-refractivity contribution < 1.29 is 80.2 Å². The molecule has 0 aliphatic heterocycles. The molecule has 0 aliphatic rings. The van der Waals surface area contributed by atoms with Gasteiger partial charge in [0.2, 0.25) is 0 Å². The Balaban J connectivity index is 5.17. The fourth-order valence-corrected chi connectivity index (χ4v) is 14.2. The Morgan fingerprint density at radius 2 is 0.460 bits per heavy atom. The highest BCUT2D eigenvalue weighted by molar-refractivity contribution is 7.47. The SMILES string of the molecule is CCCCCCCCCCCCCCCCCCCC(=O)OC[C@H](COP(=O)(O)OC[C@@H](O)COP(=O)(O)OC[C@@H](COC(=O)CCCCCCCCC)OC(=O)CCCCCCCCCCCCCCCCC)OC(=O)CCCCCCCCCCCCCCCCCCCCC(C)C. The van der Waals surface area contributed by atoms with Gasteiger partial charge in [-0.15, -0.1) is 0 Å². The van der Waals surface area contributed by atoms with Gasteiger partial charge in [-0.1, -0.05) is 381 Å². The summed E-state index contributed by atoms with van der Waals surface area (Å²) in [6, 6.07) is 0. The van der Waals surface area contributed by atoms with Crippen LogP contribution in [0.15, 0.2) is 0 Å². The standard InChI is InChI=1S/C81H158O17P2/c1-6-9-12-15-18-20-22-24-26-29-34-37-41-45-50-55-60-65-79(84)92-71-77(98-81(86)67-62-57-52-47-43-39-35-31-28-27-30-33-36-40-44-49-53-58-63-74(4)5)73-96-100(89,90)94-69-75(82)68-93-99(87,88)95-72-76(70-91-78(83)64-59-54-48-17-14-11-8-3)97-80(85)66-61-56-51-46-42-38-32-25-23-21-19-16-13-10-7-2/h74-77,82H,6-73H2,1-5H3,(H,87,88)(H,89,90)/t75-,76+,77+/m0/s1. The van der Waals surface area contributed by atoms with E-state index in [1.165, 1.54) is 244 Å². The van der Waals surface area contributed by atoms with Crippen molar-refractivity contribution in [1.82, 2.24) is 0 Å². The summed E-state index contributed by atoms with van der Waals surface area (Å²) < 4.78 is 68.6. The Hall–Kier alpha value is -1.94. The lowest BCUT2D eigenvalue weighted by molar-refractivity contribution is -0.161. The van der Waals surface area contributed by atoms with Gasteiger partial charge in [0.15, 0.2) is 12.2 Å². The van der Waals surface area contributed by atoms with Crippen molar-refractivity contribution in [2.75, 3.05) is 39.6 Å². The number of carbonyl (C=O) groups is 4. The average molecular weight is 1470 g/mol. The zero-order valence-corrected chi connectivity index (χ0v) is 67.1. The maximum Gasteiger partial charge on any atom is 0.472 e. The quantitative estimate of drug-likeness (QED) is 0.0222. The molecule has 0 saturated carbocycles. The minimum Gasteiger partial charge on any atom is -0.462 e. The Kier molecular flexibility index (Phi) is 72.5. The lowest BCUT2D eigenvalue weighted by Crippen LogP contribution is -2.30. The molecule has 0 aromatic rings. The number of hydrogen-bond donors (Lipinski definition) is 3. The number of aliphatic hydroxyl groups is 1. The smallest absolute Gasteiger partial charge is 0.462 e. The van der Waals surface area contributed by atoms with E-state index < -0.39 is 97.5 Å². The van der Waals surface area contributed by atoms with E-state index in [4.69, 9.17) is 37.0 Å². The Morgan fingerprint density at radius 1 is 0.270 bits per heavy atom. The first-order valence-corrected chi connectivity index (χ1v) is 45.1. The number of ether oxygens (including phenoxy) is 4. The molecular weight excluding hydrogens is 1310 g/mol. The summed E-state index contributed by atoms with van der Waals surface area (Å²) in [6.07, 6.45) is 65.4. The molecule has 0 saturated heterocycles. The minimum absolute atomic E-state index is 0.108. The molecule has 3 N–H and O–H groups in total. The molecule has 0 aromatic carbocycles. The van der Waals surface area contributed by atoms with Crippen molar-refractivity contribution >= 4 is 39.5 Å². The molecule has 0 aliphatic carbocycles. The van der Waals surface area contributed by atoms with E-state index in [2.05, 4.69) is 34.6 Å². The Morgan fingerprint density at radius 3 is 0.680 bits per heavy atom. The van der Waals surface area contributed by atoms with Crippen LogP contribution in [-0.4, -0.2) is 96.7 Å². The number of phosphoric ester groups is 2. The van der Waals surface area contributed by atoms with E-state index in [0.717, 1.165) is 109 Å². The molecule has 0 rings (SSSR count). The number of carbonyl (C=O) groups excluding carboxylic acids is 4. The average Bonchev–Trinajstić information content (AvgIpc) is 0.941. The first-order chi connectivity index (χ1) is 48.5. The van der Waals surface area contributed by atoms with Gasteiger partial charge < -0.3 is 33.8 Å². The highest BCUT2D eigenvalue weighted by Crippen LogP contribution is 2.45. The van der Waals surface area contributed by atoms with Crippen molar-refractivity contribution in [1.29, 1.82) is 0 Å². The predicted molar refractivity (Wildman–Crippen MR) is 409 cm³/mol. The fraction of sp³-hybridized carbons (Fsp3) is 0.951. The van der Waals surface area contributed by atoms with Gasteiger partial charge in [-0.3, -0.25) is 37.3 Å². The second-order valence-corrected chi connectivity index (χ2v) is 32.5. The molecule has 17 nitrogen and oxygen atoms in total. The number of esters is 4. The van der Waals surface area contributed by atoms with Gasteiger partial charge >= 0.3 is 39.5 Å². The van der Waals surface area contributed by atoms with Crippen molar-refractivity contribution in [3.63, 3.8) is 0 Å². The van der Waals surface area contributed by atoms with E-state index in [9.17, 15) is 43.2 Å². The molecule has 19 heteroatoms. The molecule has 0 bridgehead atoms. The van der Waals surface area contributed by atoms with Gasteiger partial charge in [0.1, 0.15) is 19.3 Å². The minimum atomic E-state index is -4.96. The van der Waals surface area contributed by atoms with Crippen LogP contribution in [0.3, 0.4) is 0 Å². The molecule has 5 atom stereocenters. The van der Waals surface area contributed by atoms with Gasteiger partial charge in [-0.05, 0) is 31.6 Å². The molecular formula is C81H158O17P2. The summed E-state index contributed by atoms with van der Waals surface area (Å²) in [4.78, 5) is 72.9. The number of rotatable bonds is 81. The lowest BCUT2D eigenvalue weighted by Gasteiger charge is -2.21. The summed E-state index contributed by atoms with van der Waals surface area (Å²) in [5, 5.41) is 10.6. The van der Waals surface area contributed by atoms with Crippen LogP contribution in [0.2, 0.25) is 0 Å². The monoisotopic (exact) mass is 1470 g/mol. The van der Waals surface area contributed by atoms with E-state index >= 15 is 0 Å². The number of hydrogen-bond acceptors (Lipinski definition) is 15. The van der Waals surface area contributed by atoms with Gasteiger partial charge in [0.05, 0.1) is 26.4 Å². The third kappa shape index (κ3) is 74.3. The second kappa shape index (κ2) is 73.9. The number of aliphatic hydroxyl groups excluding tert-OH is 1. The van der Waals surface area contributed by atoms with Gasteiger partial charge in [0.25, 0.3) is 0 Å². The molecule has 0 fully saturated rings. The first kappa shape index (κ1) is 98.1. The van der Waals surface area contributed by atoms with E-state index in [-0.39, 0.29) is 25.7 Å². The van der Waals surface area contributed by atoms with Crippen LogP contribution in [0.25, 0.3) is 0 Å². The highest BCUT2D eigenvalue weighted by Gasteiger charge is 2.30. The predicted octanol–water partition coefficient (Wildman–Crippen LogP) is 24.4. The molecule has 0 heterocycles. The van der Waals surface area contributed by atoms with E-state index in [0.29, 0.717) is 25.7 Å². The lowest BCUT2D eigenvalue weighted by atomic mass is 10.0. The highest BCUT2D eigenvalue weighted by atomic mass is 31.2. The largest absolute Gasteiger partial charge is 0.472 e. The van der Waals surface area contributed by atoms with Crippen LogP contribution in [0.5, 0.6) is 0 Å². The van der Waals surface area contributed by atoms with E-state index in [1.807, 2.05) is 0 Å². The fourth-order valence-electron chi connectivity index (χ4n) is 12.6. The maximum atomic E-state index is 13.1. The van der Waals surface area contributed by atoms with Crippen molar-refractivity contribution in [2.24, 2.45) is 5.92 Å². The van der Waals surface area contributed by atoms with Crippen molar-refractivity contribution in [3.8, 4) is 0 Å².